The van der Waals surface area contributed by atoms with Gasteiger partial charge in [-0.05, 0) is 24.6 Å². The average molecular weight is 326 g/mol. The highest BCUT2D eigenvalue weighted by Gasteiger charge is 2.11. The Hall–Kier alpha value is -2.64. The van der Waals surface area contributed by atoms with Gasteiger partial charge in [0.2, 0.25) is 5.91 Å². The Labute approximate surface area is 133 Å². The lowest BCUT2D eigenvalue weighted by atomic mass is 10.1. The quantitative estimate of drug-likeness (QED) is 0.664. The highest BCUT2D eigenvalue weighted by atomic mass is 19.1. The van der Waals surface area contributed by atoms with Gasteiger partial charge < -0.3 is 20.1 Å². The SMILES string of the molecule is CCNC(=O)CNC(=O)COC(=O)Cc1ccc(OC)c(F)c1. The molecule has 0 bridgehead atoms. The van der Waals surface area contributed by atoms with Crippen molar-refractivity contribution in [2.45, 2.75) is 13.3 Å². The van der Waals surface area contributed by atoms with Crippen molar-refractivity contribution < 1.29 is 28.2 Å². The summed E-state index contributed by atoms with van der Waals surface area (Å²) >= 11 is 0. The molecule has 0 radical (unpaired) electrons. The number of carbonyl (C=O) groups excluding carboxylic acids is 3. The van der Waals surface area contributed by atoms with Crippen LogP contribution in [0.1, 0.15) is 12.5 Å². The lowest BCUT2D eigenvalue weighted by molar-refractivity contribution is -0.147. The van der Waals surface area contributed by atoms with Crippen LogP contribution in [0, 0.1) is 5.82 Å². The van der Waals surface area contributed by atoms with E-state index in [0.717, 1.165) is 6.07 Å². The molecule has 7 nitrogen and oxygen atoms in total. The number of hydrogen-bond donors (Lipinski definition) is 2. The van der Waals surface area contributed by atoms with Crippen molar-refractivity contribution in [1.82, 2.24) is 10.6 Å². The van der Waals surface area contributed by atoms with Gasteiger partial charge >= 0.3 is 5.97 Å². The minimum Gasteiger partial charge on any atom is -0.494 e. The molecule has 23 heavy (non-hydrogen) atoms. The number of amides is 2. The summed E-state index contributed by atoms with van der Waals surface area (Å²) in [6, 6.07) is 4.09. The Morgan fingerprint density at radius 2 is 1.91 bits per heavy atom. The molecular weight excluding hydrogens is 307 g/mol. The smallest absolute Gasteiger partial charge is 0.310 e. The molecule has 0 fully saturated rings. The average Bonchev–Trinajstić information content (AvgIpc) is 2.51. The minimum atomic E-state index is -0.678. The minimum absolute atomic E-state index is 0.0758. The van der Waals surface area contributed by atoms with Crippen LogP contribution < -0.4 is 15.4 Å². The third-order valence-electron chi connectivity index (χ3n) is 2.75. The fourth-order valence-corrected chi connectivity index (χ4v) is 1.67. The Morgan fingerprint density at radius 1 is 1.17 bits per heavy atom. The monoisotopic (exact) mass is 326 g/mol. The zero-order valence-corrected chi connectivity index (χ0v) is 13.0. The summed E-state index contributed by atoms with van der Waals surface area (Å²) in [5.74, 6) is -2.11. The molecule has 0 saturated heterocycles. The Bertz CT molecular complexity index is 577. The largest absolute Gasteiger partial charge is 0.494 e. The van der Waals surface area contributed by atoms with Crippen molar-refractivity contribution in [2.24, 2.45) is 0 Å². The first-order chi connectivity index (χ1) is 11.0. The summed E-state index contributed by atoms with van der Waals surface area (Å²) < 4.78 is 23.0. The number of rotatable bonds is 8. The molecule has 0 saturated carbocycles. The number of benzene rings is 1. The van der Waals surface area contributed by atoms with E-state index in [1.165, 1.54) is 19.2 Å². The molecule has 0 spiro atoms. The van der Waals surface area contributed by atoms with Crippen LogP contribution in [-0.2, 0) is 25.5 Å². The number of esters is 1. The first-order valence-electron chi connectivity index (χ1n) is 6.97. The van der Waals surface area contributed by atoms with E-state index >= 15 is 0 Å². The first kappa shape index (κ1) is 18.4. The maximum Gasteiger partial charge on any atom is 0.310 e. The zero-order valence-electron chi connectivity index (χ0n) is 13.0. The van der Waals surface area contributed by atoms with E-state index in [4.69, 9.17) is 9.47 Å². The normalized spacial score (nSPS) is 9.87. The Morgan fingerprint density at radius 3 is 2.52 bits per heavy atom. The van der Waals surface area contributed by atoms with Crippen LogP contribution in [0.25, 0.3) is 0 Å². The Kier molecular flexibility index (Phi) is 7.52. The predicted molar refractivity (Wildman–Crippen MR) is 79.3 cm³/mol. The molecule has 0 aliphatic carbocycles. The van der Waals surface area contributed by atoms with Gasteiger partial charge in [-0.2, -0.15) is 0 Å². The first-order valence-corrected chi connectivity index (χ1v) is 6.97. The predicted octanol–water partition coefficient (Wildman–Crippen LogP) is 0.172. The van der Waals surface area contributed by atoms with Crippen LogP contribution in [0.4, 0.5) is 4.39 Å². The number of likely N-dealkylation sites (N-methyl/N-ethyl adjacent to an activating group) is 1. The highest BCUT2D eigenvalue weighted by Crippen LogP contribution is 2.18. The topological polar surface area (TPSA) is 93.7 Å². The van der Waals surface area contributed by atoms with Crippen molar-refractivity contribution in [3.8, 4) is 5.75 Å². The maximum absolute atomic E-state index is 13.5. The van der Waals surface area contributed by atoms with E-state index in [0.29, 0.717) is 12.1 Å². The van der Waals surface area contributed by atoms with E-state index in [1.807, 2.05) is 0 Å². The summed E-state index contributed by atoms with van der Waals surface area (Å²) in [7, 11) is 1.34. The second kappa shape index (κ2) is 9.39. The molecule has 8 heteroatoms. The van der Waals surface area contributed by atoms with Crippen LogP contribution in [0.5, 0.6) is 5.75 Å². The number of hydrogen-bond acceptors (Lipinski definition) is 5. The molecule has 1 aromatic rings. The molecule has 0 heterocycles. The molecule has 2 N–H and O–H groups in total. The van der Waals surface area contributed by atoms with Crippen LogP contribution in [0.15, 0.2) is 18.2 Å². The van der Waals surface area contributed by atoms with Crippen molar-refractivity contribution in [3.63, 3.8) is 0 Å². The van der Waals surface area contributed by atoms with Crippen molar-refractivity contribution >= 4 is 17.8 Å². The molecule has 126 valence electrons. The maximum atomic E-state index is 13.5. The summed E-state index contributed by atoms with van der Waals surface area (Å²) in [6.45, 7) is 1.52. The van der Waals surface area contributed by atoms with Gasteiger partial charge in [0.25, 0.3) is 5.91 Å². The number of halogens is 1. The van der Waals surface area contributed by atoms with Crippen molar-refractivity contribution in [3.05, 3.63) is 29.6 Å². The van der Waals surface area contributed by atoms with Crippen LogP contribution >= 0.6 is 0 Å². The van der Waals surface area contributed by atoms with Gasteiger partial charge in [0.15, 0.2) is 18.2 Å². The van der Waals surface area contributed by atoms with Gasteiger partial charge in [-0.25, -0.2) is 4.39 Å². The molecule has 0 aromatic heterocycles. The number of nitrogens with one attached hydrogen (secondary N) is 2. The van der Waals surface area contributed by atoms with E-state index < -0.39 is 24.3 Å². The second-order valence-corrected chi connectivity index (χ2v) is 4.54. The summed E-state index contributed by atoms with van der Waals surface area (Å²) in [5, 5.41) is 4.81. The lowest BCUT2D eigenvalue weighted by Gasteiger charge is -2.07. The van der Waals surface area contributed by atoms with Gasteiger partial charge in [-0.3, -0.25) is 14.4 Å². The third kappa shape index (κ3) is 6.77. The van der Waals surface area contributed by atoms with E-state index in [-0.39, 0.29) is 24.6 Å². The molecule has 0 atom stereocenters. The highest BCUT2D eigenvalue weighted by molar-refractivity contribution is 5.86. The number of ether oxygens (including phenoxy) is 2. The third-order valence-corrected chi connectivity index (χ3v) is 2.75. The summed E-state index contributed by atoms with van der Waals surface area (Å²) in [6.07, 6.45) is -0.176. The summed E-state index contributed by atoms with van der Waals surface area (Å²) in [5.41, 5.74) is 0.399. The number of carbonyl (C=O) groups is 3. The van der Waals surface area contributed by atoms with Gasteiger partial charge in [-0.1, -0.05) is 6.07 Å². The molecule has 0 aliphatic heterocycles. The van der Waals surface area contributed by atoms with Crippen LogP contribution in [-0.4, -0.2) is 44.6 Å². The van der Waals surface area contributed by atoms with Gasteiger partial charge in [0.05, 0.1) is 20.1 Å². The Balaban J connectivity index is 2.35. The van der Waals surface area contributed by atoms with Gasteiger partial charge in [0.1, 0.15) is 0 Å². The molecular formula is C15H19FN2O5. The van der Waals surface area contributed by atoms with Crippen molar-refractivity contribution in [1.29, 1.82) is 0 Å². The molecule has 1 aromatic carbocycles. The molecule has 2 amide bonds. The summed E-state index contributed by atoms with van der Waals surface area (Å²) in [4.78, 5) is 34.1. The second-order valence-electron chi connectivity index (χ2n) is 4.54. The van der Waals surface area contributed by atoms with E-state index in [1.54, 1.807) is 6.92 Å². The van der Waals surface area contributed by atoms with E-state index in [9.17, 15) is 18.8 Å². The van der Waals surface area contributed by atoms with Gasteiger partial charge in [0, 0.05) is 6.54 Å². The van der Waals surface area contributed by atoms with Crippen molar-refractivity contribution in [2.75, 3.05) is 26.8 Å². The number of methoxy groups -OCH3 is 1. The fourth-order valence-electron chi connectivity index (χ4n) is 1.67. The van der Waals surface area contributed by atoms with E-state index in [2.05, 4.69) is 10.6 Å². The lowest BCUT2D eigenvalue weighted by Crippen LogP contribution is -2.38. The molecule has 1 rings (SSSR count). The standard InChI is InChI=1S/C15H19FN2O5/c1-3-17-13(19)8-18-14(20)9-23-15(21)7-10-4-5-12(22-2)11(16)6-10/h4-6H,3,7-9H2,1-2H3,(H,17,19)(H,18,20). The van der Waals surface area contributed by atoms with Gasteiger partial charge in [-0.15, -0.1) is 0 Å². The fraction of sp³-hybridized carbons (Fsp3) is 0.400. The molecule has 0 unspecified atom stereocenters. The van der Waals surface area contributed by atoms with Crippen LogP contribution in [0.3, 0.4) is 0 Å². The molecule has 0 aliphatic rings. The zero-order chi connectivity index (χ0) is 17.2. The van der Waals surface area contributed by atoms with Crippen LogP contribution in [0.2, 0.25) is 0 Å².